The van der Waals surface area contributed by atoms with Crippen molar-refractivity contribution < 1.29 is 9.47 Å². The third kappa shape index (κ3) is 2.33. The Hall–Kier alpha value is -2.56. The molecule has 6 rings (SSSR count). The second-order valence-corrected chi connectivity index (χ2v) is 8.27. The third-order valence-electron chi connectivity index (χ3n) is 7.00. The van der Waals surface area contributed by atoms with Crippen LogP contribution in [0, 0.1) is 0 Å². The summed E-state index contributed by atoms with van der Waals surface area (Å²) in [6, 6.07) is 17.6. The number of benzene rings is 2. The first kappa shape index (κ1) is 17.3. The van der Waals surface area contributed by atoms with E-state index in [1.54, 1.807) is 0 Å². The maximum atomic E-state index is 5.90. The number of para-hydroxylation sites is 2. The van der Waals surface area contributed by atoms with Gasteiger partial charge in [0.2, 0.25) is 0 Å². The van der Waals surface area contributed by atoms with Gasteiger partial charge in [-0.1, -0.05) is 36.4 Å². The molecule has 0 spiro atoms. The van der Waals surface area contributed by atoms with Gasteiger partial charge >= 0.3 is 0 Å². The van der Waals surface area contributed by atoms with Crippen LogP contribution in [0.25, 0.3) is 21.8 Å². The summed E-state index contributed by atoms with van der Waals surface area (Å²) >= 11 is 0. The summed E-state index contributed by atoms with van der Waals surface area (Å²) in [7, 11) is 3.68. The lowest BCUT2D eigenvalue weighted by molar-refractivity contribution is 0.104. The molecular weight excluding hydrogens is 360 g/mol. The highest BCUT2D eigenvalue weighted by Gasteiger charge is 2.33. The van der Waals surface area contributed by atoms with E-state index in [1.165, 1.54) is 44.3 Å². The van der Waals surface area contributed by atoms with Gasteiger partial charge in [-0.15, -0.1) is 0 Å². The Morgan fingerprint density at radius 2 is 1.17 bits per heavy atom. The summed E-state index contributed by atoms with van der Waals surface area (Å²) in [4.78, 5) is 0. The SMILES string of the molecule is COC1CCn2c1c(Cc1c3n(c4ccccc14)CCC3OC)c1ccccc12. The van der Waals surface area contributed by atoms with Gasteiger partial charge in [0.05, 0.1) is 23.6 Å². The largest absolute Gasteiger partial charge is 0.375 e. The molecule has 148 valence electrons. The number of fused-ring (bicyclic) bond motifs is 6. The van der Waals surface area contributed by atoms with Crippen LogP contribution in [0.2, 0.25) is 0 Å². The predicted molar refractivity (Wildman–Crippen MR) is 115 cm³/mol. The van der Waals surface area contributed by atoms with E-state index >= 15 is 0 Å². The minimum Gasteiger partial charge on any atom is -0.375 e. The predicted octanol–water partition coefficient (Wildman–Crippen LogP) is 5.37. The molecule has 2 unspecified atom stereocenters. The number of rotatable bonds is 4. The molecule has 4 heteroatoms. The molecule has 2 aromatic heterocycles. The zero-order chi connectivity index (χ0) is 19.5. The van der Waals surface area contributed by atoms with E-state index in [1.807, 2.05) is 14.2 Å². The molecule has 4 heterocycles. The van der Waals surface area contributed by atoms with Gasteiger partial charge in [0.1, 0.15) is 0 Å². The fourth-order valence-corrected chi connectivity index (χ4v) is 5.78. The van der Waals surface area contributed by atoms with Gasteiger partial charge < -0.3 is 18.6 Å². The molecule has 4 aromatic rings. The fourth-order valence-electron chi connectivity index (χ4n) is 5.78. The van der Waals surface area contributed by atoms with E-state index < -0.39 is 0 Å². The average molecular weight is 386 g/mol. The minimum atomic E-state index is 0.178. The summed E-state index contributed by atoms with van der Waals surface area (Å²) in [5, 5.41) is 2.72. The van der Waals surface area contributed by atoms with Crippen LogP contribution in [0.15, 0.2) is 48.5 Å². The minimum absolute atomic E-state index is 0.178. The molecule has 0 saturated heterocycles. The standard InChI is InChI=1S/C25H26N2O2/c1-28-22-11-13-26-20-9-5-3-7-16(20)18(24(22)26)15-19-17-8-4-6-10-21(17)27-14-12-23(29-2)25(19)27/h3-10,22-23H,11-15H2,1-2H3. The highest BCUT2D eigenvalue weighted by Crippen LogP contribution is 2.44. The zero-order valence-corrected chi connectivity index (χ0v) is 17.0. The maximum absolute atomic E-state index is 5.90. The van der Waals surface area contributed by atoms with Crippen LogP contribution >= 0.6 is 0 Å². The highest BCUT2D eigenvalue weighted by molar-refractivity contribution is 5.90. The molecule has 0 bridgehead atoms. The van der Waals surface area contributed by atoms with Crippen molar-refractivity contribution >= 4 is 21.8 Å². The van der Waals surface area contributed by atoms with Crippen LogP contribution in [0.1, 0.15) is 47.6 Å². The van der Waals surface area contributed by atoms with E-state index in [9.17, 15) is 0 Å². The van der Waals surface area contributed by atoms with Crippen molar-refractivity contribution in [1.29, 1.82) is 0 Å². The third-order valence-corrected chi connectivity index (χ3v) is 7.00. The smallest absolute Gasteiger partial charge is 0.0991 e. The van der Waals surface area contributed by atoms with Gasteiger partial charge in [0.25, 0.3) is 0 Å². The van der Waals surface area contributed by atoms with Gasteiger partial charge in [0.15, 0.2) is 0 Å². The van der Waals surface area contributed by atoms with Gasteiger partial charge in [-0.3, -0.25) is 0 Å². The first-order chi connectivity index (χ1) is 14.3. The molecule has 4 nitrogen and oxygen atoms in total. The van der Waals surface area contributed by atoms with E-state index in [0.29, 0.717) is 0 Å². The zero-order valence-electron chi connectivity index (χ0n) is 17.0. The second-order valence-electron chi connectivity index (χ2n) is 8.27. The number of methoxy groups -OCH3 is 2. The van der Waals surface area contributed by atoms with Crippen LogP contribution in [0.3, 0.4) is 0 Å². The van der Waals surface area contributed by atoms with Crippen molar-refractivity contribution in [3.63, 3.8) is 0 Å². The Morgan fingerprint density at radius 1 is 0.724 bits per heavy atom. The lowest BCUT2D eigenvalue weighted by atomic mass is 9.96. The molecule has 2 atom stereocenters. The summed E-state index contributed by atoms with van der Waals surface area (Å²) in [6.07, 6.45) is 3.39. The number of ether oxygens (including phenoxy) is 2. The Morgan fingerprint density at radius 3 is 1.62 bits per heavy atom. The van der Waals surface area contributed by atoms with Crippen molar-refractivity contribution in [3.05, 3.63) is 71.0 Å². The number of aryl methyl sites for hydroxylation is 2. The number of hydrogen-bond acceptors (Lipinski definition) is 2. The Kier molecular flexibility index (Phi) is 3.87. The van der Waals surface area contributed by atoms with Gasteiger partial charge in [-0.2, -0.15) is 0 Å². The molecule has 0 fully saturated rings. The topological polar surface area (TPSA) is 28.3 Å². The molecule has 2 aromatic carbocycles. The van der Waals surface area contributed by atoms with Crippen LogP contribution < -0.4 is 0 Å². The van der Waals surface area contributed by atoms with E-state index in [-0.39, 0.29) is 12.2 Å². The summed E-state index contributed by atoms with van der Waals surface area (Å²) in [6.45, 7) is 2.06. The number of aromatic nitrogens is 2. The highest BCUT2D eigenvalue weighted by atomic mass is 16.5. The molecule has 0 aliphatic carbocycles. The summed E-state index contributed by atoms with van der Waals surface area (Å²) < 4.78 is 16.8. The molecule has 0 amide bonds. The molecule has 2 aliphatic heterocycles. The lowest BCUT2D eigenvalue weighted by Gasteiger charge is -2.14. The molecule has 0 saturated carbocycles. The van der Waals surface area contributed by atoms with E-state index in [2.05, 4.69) is 57.7 Å². The Labute approximate surface area is 170 Å². The summed E-state index contributed by atoms with van der Waals surface area (Å²) in [5.41, 5.74) is 8.24. The van der Waals surface area contributed by atoms with Crippen LogP contribution in [0.4, 0.5) is 0 Å². The van der Waals surface area contributed by atoms with Gasteiger partial charge in [-0.25, -0.2) is 0 Å². The first-order valence-electron chi connectivity index (χ1n) is 10.6. The van der Waals surface area contributed by atoms with Gasteiger partial charge in [0, 0.05) is 55.5 Å². The summed E-state index contributed by atoms with van der Waals surface area (Å²) in [5.74, 6) is 0. The molecular formula is C25H26N2O2. The Balaban J connectivity index is 1.60. The number of hydrogen-bond donors (Lipinski definition) is 0. The second kappa shape index (κ2) is 6.48. The normalized spacial score (nSPS) is 20.6. The van der Waals surface area contributed by atoms with Crippen molar-refractivity contribution in [2.24, 2.45) is 0 Å². The van der Waals surface area contributed by atoms with E-state index in [4.69, 9.17) is 9.47 Å². The van der Waals surface area contributed by atoms with Crippen LogP contribution in [-0.2, 0) is 29.0 Å². The van der Waals surface area contributed by atoms with Gasteiger partial charge in [-0.05, 0) is 36.1 Å². The average Bonchev–Trinajstić information content (AvgIpc) is 3.50. The Bertz CT molecular complexity index is 1140. The molecule has 0 N–H and O–H groups in total. The van der Waals surface area contributed by atoms with Crippen LogP contribution in [0.5, 0.6) is 0 Å². The van der Waals surface area contributed by atoms with Crippen molar-refractivity contribution in [2.45, 2.75) is 44.6 Å². The maximum Gasteiger partial charge on any atom is 0.0991 e. The number of nitrogens with zero attached hydrogens (tertiary/aromatic N) is 2. The monoisotopic (exact) mass is 386 g/mol. The van der Waals surface area contributed by atoms with E-state index in [0.717, 1.165) is 32.4 Å². The fraction of sp³-hybridized carbons (Fsp3) is 0.360. The molecule has 29 heavy (non-hydrogen) atoms. The molecule has 2 aliphatic rings. The lowest BCUT2D eigenvalue weighted by Crippen LogP contribution is -2.04. The van der Waals surface area contributed by atoms with Crippen molar-refractivity contribution in [3.8, 4) is 0 Å². The molecule has 0 radical (unpaired) electrons. The first-order valence-corrected chi connectivity index (χ1v) is 10.6. The quantitative estimate of drug-likeness (QED) is 0.472. The van der Waals surface area contributed by atoms with Crippen LogP contribution in [-0.4, -0.2) is 23.4 Å². The van der Waals surface area contributed by atoms with Crippen molar-refractivity contribution in [1.82, 2.24) is 9.13 Å². The van der Waals surface area contributed by atoms with Crippen molar-refractivity contribution in [2.75, 3.05) is 14.2 Å².